The Balaban J connectivity index is 1.50. The van der Waals surface area contributed by atoms with Gasteiger partial charge < -0.3 is 19.5 Å². The highest BCUT2D eigenvalue weighted by molar-refractivity contribution is 7.99. The number of hydrogen-bond acceptors (Lipinski definition) is 7. The van der Waals surface area contributed by atoms with Crippen LogP contribution in [0.15, 0.2) is 64.4 Å². The highest BCUT2D eigenvalue weighted by Gasteiger charge is 2.26. The zero-order chi connectivity index (χ0) is 25.0. The summed E-state index contributed by atoms with van der Waals surface area (Å²) in [5, 5.41) is 12.9. The Morgan fingerprint density at radius 1 is 1.14 bits per heavy atom. The summed E-state index contributed by atoms with van der Waals surface area (Å²) >= 11 is 7.02. The van der Waals surface area contributed by atoms with Gasteiger partial charge in [0.25, 0.3) is 5.22 Å². The molecule has 1 amide bonds. The maximum absolute atomic E-state index is 12.5. The number of nitrogens with zero attached hydrogens (tertiary/aromatic N) is 2. The topological polar surface area (TPSA) is 110 Å². The number of ketones is 1. The summed E-state index contributed by atoms with van der Waals surface area (Å²) in [7, 11) is 0. The third-order valence-corrected chi connectivity index (χ3v) is 6.07. The lowest BCUT2D eigenvalue weighted by atomic mass is 10.1. The molecule has 0 spiro atoms. The molecule has 0 fully saturated rings. The predicted octanol–water partition coefficient (Wildman–Crippen LogP) is 5.99. The first kappa shape index (κ1) is 24.8. The van der Waals surface area contributed by atoms with E-state index in [1.54, 1.807) is 45.0 Å². The van der Waals surface area contributed by atoms with E-state index in [0.717, 1.165) is 28.2 Å². The molecule has 2 aromatic heterocycles. The molecule has 10 heteroatoms. The molecule has 182 valence electrons. The number of aromatic amines is 1. The average Bonchev–Trinajstić information content (AvgIpc) is 3.44. The third kappa shape index (κ3) is 6.64. The Hall–Kier alpha value is -3.30. The number of H-pyrrole nitrogens is 1. The number of benzene rings is 2. The van der Waals surface area contributed by atoms with Gasteiger partial charge in [0.15, 0.2) is 5.78 Å². The largest absolute Gasteiger partial charge is 0.444 e. The lowest BCUT2D eigenvalue weighted by Gasteiger charge is -2.22. The van der Waals surface area contributed by atoms with Gasteiger partial charge in [0.2, 0.25) is 5.89 Å². The SMILES string of the molecule is CC(C)(C)OC(=O)NC(Cc1c[nH]c2ccccc12)c1nnc(SCC(=O)c2ccc(Cl)cc2)o1. The second-order valence-electron chi connectivity index (χ2n) is 8.89. The summed E-state index contributed by atoms with van der Waals surface area (Å²) in [6, 6.07) is 13.9. The molecule has 4 aromatic rings. The molecule has 1 unspecified atom stereocenters. The second-order valence-corrected chi connectivity index (χ2v) is 10.3. The standard InChI is InChI=1S/C25H25ClN4O4S/c1-25(2,3)34-23(32)28-20(12-16-13-27-19-7-5-4-6-18(16)19)22-29-30-24(33-22)35-14-21(31)15-8-10-17(26)11-9-15/h4-11,13,20,27H,12,14H2,1-3H3,(H,28,32). The lowest BCUT2D eigenvalue weighted by Crippen LogP contribution is -2.36. The number of hydrogen-bond donors (Lipinski definition) is 2. The zero-order valence-electron chi connectivity index (χ0n) is 19.5. The molecule has 0 aliphatic heterocycles. The van der Waals surface area contributed by atoms with Gasteiger partial charge >= 0.3 is 6.09 Å². The molecule has 0 bridgehead atoms. The minimum absolute atomic E-state index is 0.0892. The zero-order valence-corrected chi connectivity index (χ0v) is 21.1. The number of nitrogens with one attached hydrogen (secondary N) is 2. The molecule has 0 radical (unpaired) electrons. The van der Waals surface area contributed by atoms with Crippen molar-refractivity contribution in [2.75, 3.05) is 5.75 Å². The van der Waals surface area contributed by atoms with E-state index >= 15 is 0 Å². The van der Waals surface area contributed by atoms with E-state index in [0.29, 0.717) is 17.0 Å². The number of fused-ring (bicyclic) bond motifs is 1. The molecule has 0 aliphatic carbocycles. The normalized spacial score (nSPS) is 12.5. The molecule has 8 nitrogen and oxygen atoms in total. The summed E-state index contributed by atoms with van der Waals surface area (Å²) in [4.78, 5) is 28.2. The minimum Gasteiger partial charge on any atom is -0.444 e. The van der Waals surface area contributed by atoms with Crippen LogP contribution in [0.2, 0.25) is 5.02 Å². The van der Waals surface area contributed by atoms with Gasteiger partial charge in [-0.2, -0.15) is 0 Å². The number of para-hydroxylation sites is 1. The molecular formula is C25H25ClN4O4S. The number of carbonyl (C=O) groups excluding carboxylic acids is 2. The molecule has 4 rings (SSSR count). The van der Waals surface area contributed by atoms with Crippen LogP contribution in [0.3, 0.4) is 0 Å². The fourth-order valence-corrected chi connectivity index (χ4v) is 4.23. The van der Waals surface area contributed by atoms with Crippen LogP contribution in [0.5, 0.6) is 0 Å². The van der Waals surface area contributed by atoms with Crippen LogP contribution < -0.4 is 5.32 Å². The Morgan fingerprint density at radius 2 is 1.89 bits per heavy atom. The predicted molar refractivity (Wildman–Crippen MR) is 135 cm³/mol. The van der Waals surface area contributed by atoms with E-state index in [9.17, 15) is 9.59 Å². The van der Waals surface area contributed by atoms with Crippen molar-refractivity contribution in [2.24, 2.45) is 0 Å². The van der Waals surface area contributed by atoms with Crippen LogP contribution in [0, 0.1) is 0 Å². The highest BCUT2D eigenvalue weighted by atomic mass is 35.5. The molecule has 2 heterocycles. The molecule has 1 atom stereocenters. The first-order valence-corrected chi connectivity index (χ1v) is 12.3. The lowest BCUT2D eigenvalue weighted by molar-refractivity contribution is 0.0494. The van der Waals surface area contributed by atoms with Crippen LogP contribution in [0.4, 0.5) is 4.79 Å². The van der Waals surface area contributed by atoms with Crippen molar-refractivity contribution < 1.29 is 18.7 Å². The van der Waals surface area contributed by atoms with Gasteiger partial charge in [0.05, 0.1) is 5.75 Å². The number of alkyl carbamates (subject to hydrolysis) is 1. The number of rotatable bonds is 8. The summed E-state index contributed by atoms with van der Waals surface area (Å²) in [6.07, 6.45) is 1.71. The summed E-state index contributed by atoms with van der Waals surface area (Å²) in [5.74, 6) is 0.256. The first-order valence-electron chi connectivity index (χ1n) is 11.0. The smallest absolute Gasteiger partial charge is 0.408 e. The van der Waals surface area contributed by atoms with E-state index in [-0.39, 0.29) is 22.6 Å². The van der Waals surface area contributed by atoms with Gasteiger partial charge in [-0.1, -0.05) is 41.6 Å². The summed E-state index contributed by atoms with van der Waals surface area (Å²) in [6.45, 7) is 5.38. The number of Topliss-reactive ketones (excluding diaryl/α,β-unsaturated/α-hetero) is 1. The monoisotopic (exact) mass is 512 g/mol. The Labute approximate surface area is 211 Å². The molecular weight excluding hydrogens is 488 g/mol. The van der Waals surface area contributed by atoms with Crippen molar-refractivity contribution in [3.63, 3.8) is 0 Å². The number of aromatic nitrogens is 3. The molecule has 0 aliphatic rings. The number of amides is 1. The number of thioether (sulfide) groups is 1. The number of halogens is 1. The maximum Gasteiger partial charge on any atom is 0.408 e. The molecule has 0 saturated heterocycles. The Bertz CT molecular complexity index is 1330. The third-order valence-electron chi connectivity index (χ3n) is 5.00. The second kappa shape index (κ2) is 10.5. The van der Waals surface area contributed by atoms with Gasteiger partial charge in [-0.3, -0.25) is 4.79 Å². The van der Waals surface area contributed by atoms with Crippen LogP contribution in [-0.4, -0.2) is 38.4 Å². The van der Waals surface area contributed by atoms with Crippen molar-refractivity contribution >= 4 is 46.1 Å². The number of carbonyl (C=O) groups is 2. The Morgan fingerprint density at radius 3 is 2.63 bits per heavy atom. The Kier molecular flexibility index (Phi) is 7.47. The van der Waals surface area contributed by atoms with Gasteiger partial charge in [-0.15, -0.1) is 10.2 Å². The maximum atomic E-state index is 12.5. The highest BCUT2D eigenvalue weighted by Crippen LogP contribution is 2.27. The van der Waals surface area contributed by atoms with Gasteiger partial charge in [0.1, 0.15) is 11.6 Å². The van der Waals surface area contributed by atoms with E-state index in [4.69, 9.17) is 20.8 Å². The average molecular weight is 513 g/mol. The molecule has 2 N–H and O–H groups in total. The van der Waals surface area contributed by atoms with Crippen molar-refractivity contribution in [3.8, 4) is 0 Å². The fraction of sp³-hybridized carbons (Fsp3) is 0.280. The van der Waals surface area contributed by atoms with E-state index in [1.165, 1.54) is 0 Å². The van der Waals surface area contributed by atoms with E-state index < -0.39 is 17.7 Å². The summed E-state index contributed by atoms with van der Waals surface area (Å²) < 4.78 is 11.3. The van der Waals surface area contributed by atoms with Gasteiger partial charge in [0, 0.05) is 34.1 Å². The van der Waals surface area contributed by atoms with Crippen LogP contribution in [0.25, 0.3) is 10.9 Å². The van der Waals surface area contributed by atoms with Crippen molar-refractivity contribution in [2.45, 2.75) is 44.1 Å². The van der Waals surface area contributed by atoms with Crippen LogP contribution >= 0.6 is 23.4 Å². The molecule has 2 aromatic carbocycles. The van der Waals surface area contributed by atoms with Crippen LogP contribution in [0.1, 0.15) is 48.6 Å². The van der Waals surface area contributed by atoms with E-state index in [1.807, 2.05) is 30.5 Å². The van der Waals surface area contributed by atoms with Crippen molar-refractivity contribution in [1.82, 2.24) is 20.5 Å². The summed E-state index contributed by atoms with van der Waals surface area (Å²) in [5.41, 5.74) is 1.85. The molecule has 0 saturated carbocycles. The van der Waals surface area contributed by atoms with Crippen molar-refractivity contribution in [1.29, 1.82) is 0 Å². The molecule has 35 heavy (non-hydrogen) atoms. The first-order chi connectivity index (χ1) is 16.7. The minimum atomic E-state index is -0.659. The quantitative estimate of drug-likeness (QED) is 0.220. The van der Waals surface area contributed by atoms with Gasteiger partial charge in [-0.05, 0) is 56.7 Å². The van der Waals surface area contributed by atoms with Gasteiger partial charge in [-0.25, -0.2) is 4.79 Å². The fourth-order valence-electron chi connectivity index (χ4n) is 3.44. The van der Waals surface area contributed by atoms with Crippen LogP contribution in [-0.2, 0) is 11.2 Å². The van der Waals surface area contributed by atoms with E-state index in [2.05, 4.69) is 20.5 Å². The van der Waals surface area contributed by atoms with Crippen molar-refractivity contribution in [3.05, 3.63) is 76.8 Å². The number of ether oxygens (including phenoxy) is 1.